The molecule has 3 aromatic rings. The summed E-state index contributed by atoms with van der Waals surface area (Å²) in [5, 5.41) is 3.87. The topological polar surface area (TPSA) is 50.2 Å². The summed E-state index contributed by atoms with van der Waals surface area (Å²) in [7, 11) is 0. The molecule has 1 aliphatic rings. The lowest BCUT2D eigenvalue weighted by Gasteiger charge is -2.13. The summed E-state index contributed by atoms with van der Waals surface area (Å²) in [6.07, 6.45) is 3.90. The predicted molar refractivity (Wildman–Crippen MR) is 87.6 cm³/mol. The lowest BCUT2D eigenvalue weighted by molar-refractivity contribution is 0.651. The minimum Gasteiger partial charge on any atom is -0.293 e. The molecule has 0 bridgehead atoms. The van der Waals surface area contributed by atoms with Crippen LogP contribution in [0.5, 0.6) is 0 Å². The van der Waals surface area contributed by atoms with Crippen molar-refractivity contribution in [3.05, 3.63) is 56.6 Å². The molecule has 0 radical (unpaired) electrons. The highest BCUT2D eigenvalue weighted by molar-refractivity contribution is 6.30. The molecule has 0 aliphatic heterocycles. The van der Waals surface area contributed by atoms with E-state index in [9.17, 15) is 4.79 Å². The van der Waals surface area contributed by atoms with Gasteiger partial charge in [0.1, 0.15) is 0 Å². The highest BCUT2D eigenvalue weighted by atomic mass is 35.5. The fourth-order valence-electron chi connectivity index (χ4n) is 3.28. The van der Waals surface area contributed by atoms with E-state index < -0.39 is 0 Å². The zero-order valence-electron chi connectivity index (χ0n) is 12.3. The zero-order chi connectivity index (χ0) is 15.3. The molecule has 1 N–H and O–H groups in total. The first-order valence-corrected chi connectivity index (χ1v) is 7.92. The van der Waals surface area contributed by atoms with Crippen molar-refractivity contribution < 1.29 is 0 Å². The summed E-state index contributed by atoms with van der Waals surface area (Å²) in [6, 6.07) is 7.64. The van der Waals surface area contributed by atoms with Gasteiger partial charge in [0.05, 0.1) is 5.69 Å². The molecule has 1 aromatic carbocycles. The summed E-state index contributed by atoms with van der Waals surface area (Å²) in [6.45, 7) is 1.97. The number of hydrogen-bond donors (Lipinski definition) is 1. The minimum absolute atomic E-state index is 0.0445. The van der Waals surface area contributed by atoms with Crippen LogP contribution in [0, 0.1) is 6.92 Å². The van der Waals surface area contributed by atoms with E-state index in [1.54, 1.807) is 4.52 Å². The van der Waals surface area contributed by atoms with Gasteiger partial charge in [-0.15, -0.1) is 0 Å². The molecule has 4 nitrogen and oxygen atoms in total. The second kappa shape index (κ2) is 4.99. The van der Waals surface area contributed by atoms with E-state index in [-0.39, 0.29) is 5.56 Å². The molecule has 0 amide bonds. The Morgan fingerprint density at radius 3 is 2.68 bits per heavy atom. The number of fused-ring (bicyclic) bond motifs is 2. The van der Waals surface area contributed by atoms with Crippen LogP contribution < -0.4 is 5.56 Å². The van der Waals surface area contributed by atoms with Gasteiger partial charge >= 0.3 is 0 Å². The first-order chi connectivity index (χ1) is 10.6. The van der Waals surface area contributed by atoms with Crippen LogP contribution in [0.15, 0.2) is 29.1 Å². The van der Waals surface area contributed by atoms with Crippen molar-refractivity contribution in [2.75, 3.05) is 0 Å². The van der Waals surface area contributed by atoms with Crippen molar-refractivity contribution in [2.24, 2.45) is 0 Å². The molecule has 22 heavy (non-hydrogen) atoms. The number of hydrogen-bond acceptors (Lipinski definition) is 2. The number of nitrogens with zero attached hydrogens (tertiary/aromatic N) is 2. The molecule has 0 fully saturated rings. The smallest absolute Gasteiger partial charge is 0.276 e. The molecule has 2 heterocycles. The second-order valence-corrected chi connectivity index (χ2v) is 6.26. The summed E-state index contributed by atoms with van der Waals surface area (Å²) in [5.41, 5.74) is 5.52. The third-order valence-corrected chi connectivity index (χ3v) is 4.62. The van der Waals surface area contributed by atoms with Crippen LogP contribution in [0.4, 0.5) is 0 Å². The Kier molecular flexibility index (Phi) is 3.08. The fourth-order valence-corrected chi connectivity index (χ4v) is 3.40. The van der Waals surface area contributed by atoms with E-state index in [1.165, 1.54) is 0 Å². The molecular weight excluding hydrogens is 298 g/mol. The van der Waals surface area contributed by atoms with E-state index in [0.29, 0.717) is 10.7 Å². The molecule has 112 valence electrons. The average molecular weight is 314 g/mol. The van der Waals surface area contributed by atoms with Gasteiger partial charge in [-0.2, -0.15) is 0 Å². The van der Waals surface area contributed by atoms with Gasteiger partial charge in [0.25, 0.3) is 5.56 Å². The fraction of sp³-hybridized carbons (Fsp3) is 0.294. The Bertz CT molecular complexity index is 922. The van der Waals surface area contributed by atoms with Crippen LogP contribution in [-0.4, -0.2) is 14.6 Å². The van der Waals surface area contributed by atoms with Gasteiger partial charge < -0.3 is 0 Å². The number of rotatable bonds is 1. The van der Waals surface area contributed by atoms with Gasteiger partial charge in [0, 0.05) is 21.8 Å². The SMILES string of the molecule is Cc1[nH]n2c(=O)c3c(nc2c1-c1ccc(Cl)cc1)CCCC3. The first-order valence-electron chi connectivity index (χ1n) is 7.54. The minimum atomic E-state index is 0.0445. The summed E-state index contributed by atoms with van der Waals surface area (Å²) >= 11 is 5.97. The average Bonchev–Trinajstić information content (AvgIpc) is 2.85. The van der Waals surface area contributed by atoms with Gasteiger partial charge in [0.2, 0.25) is 0 Å². The number of aromatic amines is 1. The van der Waals surface area contributed by atoms with Crippen LogP contribution in [0.3, 0.4) is 0 Å². The van der Waals surface area contributed by atoms with E-state index in [4.69, 9.17) is 16.6 Å². The Hall–Kier alpha value is -2.07. The van der Waals surface area contributed by atoms with Crippen LogP contribution in [-0.2, 0) is 12.8 Å². The third kappa shape index (κ3) is 1.98. The van der Waals surface area contributed by atoms with Gasteiger partial charge in [0.15, 0.2) is 5.65 Å². The van der Waals surface area contributed by atoms with Crippen LogP contribution in [0.2, 0.25) is 5.02 Å². The second-order valence-electron chi connectivity index (χ2n) is 5.83. The van der Waals surface area contributed by atoms with Gasteiger partial charge in [-0.25, -0.2) is 9.50 Å². The van der Waals surface area contributed by atoms with Crippen LogP contribution in [0.1, 0.15) is 29.8 Å². The molecule has 1 aliphatic carbocycles. The molecule has 0 unspecified atom stereocenters. The summed E-state index contributed by atoms with van der Waals surface area (Å²) in [5.74, 6) is 0. The molecule has 0 saturated carbocycles. The standard InChI is InChI=1S/C17H16ClN3O/c1-10-15(11-6-8-12(18)9-7-11)16-19-14-5-3-2-4-13(14)17(22)21(16)20-10/h6-9,20H,2-5H2,1H3. The highest BCUT2D eigenvalue weighted by Gasteiger charge is 2.20. The Morgan fingerprint density at radius 2 is 1.91 bits per heavy atom. The Balaban J connectivity index is 2.03. The largest absolute Gasteiger partial charge is 0.293 e. The maximum atomic E-state index is 12.7. The number of benzene rings is 1. The Morgan fingerprint density at radius 1 is 1.18 bits per heavy atom. The third-order valence-electron chi connectivity index (χ3n) is 4.36. The maximum Gasteiger partial charge on any atom is 0.276 e. The van der Waals surface area contributed by atoms with E-state index in [1.807, 2.05) is 31.2 Å². The number of nitrogens with one attached hydrogen (secondary N) is 1. The van der Waals surface area contributed by atoms with Gasteiger partial charge in [-0.1, -0.05) is 23.7 Å². The van der Waals surface area contributed by atoms with Crippen molar-refractivity contribution in [3.63, 3.8) is 0 Å². The monoisotopic (exact) mass is 313 g/mol. The summed E-state index contributed by atoms with van der Waals surface area (Å²) in [4.78, 5) is 17.5. The lowest BCUT2D eigenvalue weighted by Crippen LogP contribution is -2.25. The van der Waals surface area contributed by atoms with Crippen molar-refractivity contribution in [2.45, 2.75) is 32.6 Å². The molecule has 5 heteroatoms. The molecule has 0 spiro atoms. The normalized spacial score (nSPS) is 14.3. The van der Waals surface area contributed by atoms with Crippen molar-refractivity contribution in [1.29, 1.82) is 0 Å². The predicted octanol–water partition coefficient (Wildman–Crippen LogP) is 3.53. The lowest BCUT2D eigenvalue weighted by atomic mass is 9.97. The highest BCUT2D eigenvalue weighted by Crippen LogP contribution is 2.29. The molecule has 4 rings (SSSR count). The van der Waals surface area contributed by atoms with Crippen molar-refractivity contribution in [1.82, 2.24) is 14.6 Å². The van der Waals surface area contributed by atoms with Crippen LogP contribution in [0.25, 0.3) is 16.8 Å². The maximum absolute atomic E-state index is 12.7. The van der Waals surface area contributed by atoms with Gasteiger partial charge in [-0.3, -0.25) is 9.89 Å². The zero-order valence-corrected chi connectivity index (χ0v) is 13.1. The Labute approximate surface area is 132 Å². The molecule has 0 saturated heterocycles. The molecule has 2 aromatic heterocycles. The number of aryl methyl sites for hydroxylation is 2. The van der Waals surface area contributed by atoms with Gasteiger partial charge in [-0.05, 0) is 50.3 Å². The first kappa shape index (κ1) is 13.6. The molecular formula is C17H16ClN3O. The van der Waals surface area contributed by atoms with Crippen molar-refractivity contribution >= 4 is 17.2 Å². The number of halogens is 1. The number of H-pyrrole nitrogens is 1. The number of aromatic nitrogens is 3. The summed E-state index contributed by atoms with van der Waals surface area (Å²) < 4.78 is 1.59. The van der Waals surface area contributed by atoms with E-state index in [0.717, 1.165) is 53.8 Å². The molecule has 0 atom stereocenters. The van der Waals surface area contributed by atoms with Crippen molar-refractivity contribution in [3.8, 4) is 11.1 Å². The van der Waals surface area contributed by atoms with E-state index >= 15 is 0 Å². The van der Waals surface area contributed by atoms with E-state index in [2.05, 4.69) is 5.10 Å². The van der Waals surface area contributed by atoms with Crippen LogP contribution >= 0.6 is 11.6 Å². The quantitative estimate of drug-likeness (QED) is 0.747.